The molecule has 0 saturated heterocycles. The summed E-state index contributed by atoms with van der Waals surface area (Å²) < 4.78 is 6.61. The summed E-state index contributed by atoms with van der Waals surface area (Å²) in [4.78, 5) is 26.7. The maximum atomic E-state index is 11.8. The summed E-state index contributed by atoms with van der Waals surface area (Å²) in [7, 11) is 1.54. The molecule has 0 unspecified atom stereocenters. The van der Waals surface area contributed by atoms with Gasteiger partial charge in [0.25, 0.3) is 5.91 Å². The summed E-state index contributed by atoms with van der Waals surface area (Å²) in [6, 6.07) is 6.46. The van der Waals surface area contributed by atoms with Crippen LogP contribution in [0.1, 0.15) is 0 Å². The quantitative estimate of drug-likeness (QED) is 0.874. The third-order valence-electron chi connectivity index (χ3n) is 2.47. The van der Waals surface area contributed by atoms with Gasteiger partial charge in [-0.3, -0.25) is 9.36 Å². The number of likely N-dealkylation sites (N-methyl/N-ethyl adjacent to an activating group) is 1. The highest BCUT2D eigenvalue weighted by Crippen LogP contribution is 2.17. The monoisotopic (exact) mass is 274 g/mol. The Morgan fingerprint density at radius 3 is 2.95 bits per heavy atom. The van der Waals surface area contributed by atoms with E-state index < -0.39 is 0 Å². The minimum Gasteiger partial charge on any atom is -0.484 e. The second kappa shape index (κ2) is 6.37. The predicted octanol–water partition coefficient (Wildman–Crippen LogP) is 1.09. The van der Waals surface area contributed by atoms with Gasteiger partial charge in [-0.25, -0.2) is 9.78 Å². The van der Waals surface area contributed by atoms with Crippen molar-refractivity contribution in [3.8, 4) is 5.75 Å². The Morgan fingerprint density at radius 2 is 2.25 bits per heavy atom. The molecule has 1 heterocycles. The number of aromatic nitrogens is 2. The van der Waals surface area contributed by atoms with Crippen molar-refractivity contribution in [2.45, 2.75) is 0 Å². The minimum absolute atomic E-state index is 0.0740. The molecule has 0 aliphatic carbocycles. The Morgan fingerprint density at radius 1 is 1.40 bits per heavy atom. The van der Waals surface area contributed by atoms with Crippen LogP contribution in [0.3, 0.4) is 0 Å². The standard InChI is InChI=1S/C13H14N4O3/c1-14-12(18)8-20-11-4-2-3-10(7-11)16-13(19)17-6-5-15-9-17/h2-7,9H,8H2,1H3,(H,14,18)(H,16,19). The van der Waals surface area contributed by atoms with Crippen molar-refractivity contribution in [1.82, 2.24) is 14.9 Å². The van der Waals surface area contributed by atoms with Crippen molar-refractivity contribution in [2.24, 2.45) is 0 Å². The summed E-state index contributed by atoms with van der Waals surface area (Å²) in [5, 5.41) is 5.15. The van der Waals surface area contributed by atoms with Gasteiger partial charge >= 0.3 is 6.03 Å². The average Bonchev–Trinajstić information content (AvgIpc) is 2.99. The number of nitrogens with one attached hydrogen (secondary N) is 2. The highest BCUT2D eigenvalue weighted by molar-refractivity contribution is 5.91. The fourth-order valence-electron chi connectivity index (χ4n) is 1.45. The number of carbonyl (C=O) groups is 2. The lowest BCUT2D eigenvalue weighted by atomic mass is 10.3. The van der Waals surface area contributed by atoms with E-state index in [0.29, 0.717) is 11.4 Å². The van der Waals surface area contributed by atoms with Crippen LogP contribution in [-0.4, -0.2) is 35.1 Å². The molecule has 20 heavy (non-hydrogen) atoms. The van der Waals surface area contributed by atoms with Gasteiger partial charge in [0.2, 0.25) is 0 Å². The van der Waals surface area contributed by atoms with Crippen LogP contribution in [0.25, 0.3) is 0 Å². The number of anilines is 1. The second-order valence-corrected chi connectivity index (χ2v) is 3.89. The second-order valence-electron chi connectivity index (χ2n) is 3.89. The lowest BCUT2D eigenvalue weighted by Crippen LogP contribution is -2.24. The van der Waals surface area contributed by atoms with Crippen molar-refractivity contribution >= 4 is 17.6 Å². The maximum Gasteiger partial charge on any atom is 0.331 e. The van der Waals surface area contributed by atoms with E-state index >= 15 is 0 Å². The lowest BCUT2D eigenvalue weighted by molar-refractivity contribution is -0.122. The molecule has 7 heteroatoms. The topological polar surface area (TPSA) is 85.3 Å². The molecule has 1 aromatic heterocycles. The first-order valence-electron chi connectivity index (χ1n) is 5.92. The molecule has 2 amide bonds. The third-order valence-corrected chi connectivity index (χ3v) is 2.47. The third kappa shape index (κ3) is 3.58. The van der Waals surface area contributed by atoms with Crippen LogP contribution in [0, 0.1) is 0 Å². The first kappa shape index (κ1) is 13.6. The van der Waals surface area contributed by atoms with Gasteiger partial charge in [0, 0.05) is 31.2 Å². The Labute approximate surface area is 115 Å². The maximum absolute atomic E-state index is 11.8. The van der Waals surface area contributed by atoms with Crippen LogP contribution in [0.15, 0.2) is 43.0 Å². The molecule has 0 fully saturated rings. The summed E-state index contributed by atoms with van der Waals surface area (Å²) >= 11 is 0. The Bertz CT molecular complexity index is 595. The van der Waals surface area contributed by atoms with Gasteiger partial charge in [-0.2, -0.15) is 0 Å². The predicted molar refractivity (Wildman–Crippen MR) is 72.6 cm³/mol. The van der Waals surface area contributed by atoms with Gasteiger partial charge in [-0.1, -0.05) is 6.07 Å². The first-order chi connectivity index (χ1) is 9.69. The molecule has 2 aromatic rings. The van der Waals surface area contributed by atoms with Gasteiger partial charge in [-0.15, -0.1) is 0 Å². The molecule has 0 aliphatic rings. The average molecular weight is 274 g/mol. The van der Waals surface area contributed by atoms with Crippen LogP contribution in [0.5, 0.6) is 5.75 Å². The Balaban J connectivity index is 1.99. The van der Waals surface area contributed by atoms with E-state index in [2.05, 4.69) is 15.6 Å². The summed E-state index contributed by atoms with van der Waals surface area (Å²) in [6.45, 7) is -0.0740. The van der Waals surface area contributed by atoms with Gasteiger partial charge in [0.05, 0.1) is 0 Å². The van der Waals surface area contributed by atoms with E-state index in [0.717, 1.165) is 0 Å². The molecular weight excluding hydrogens is 260 g/mol. The smallest absolute Gasteiger partial charge is 0.331 e. The van der Waals surface area contributed by atoms with E-state index in [1.54, 1.807) is 30.5 Å². The zero-order valence-electron chi connectivity index (χ0n) is 10.9. The van der Waals surface area contributed by atoms with E-state index in [4.69, 9.17) is 4.74 Å². The number of rotatable bonds is 4. The molecule has 0 saturated carbocycles. The molecule has 0 radical (unpaired) electrons. The largest absolute Gasteiger partial charge is 0.484 e. The van der Waals surface area contributed by atoms with Crippen LogP contribution in [0.4, 0.5) is 10.5 Å². The summed E-state index contributed by atoms with van der Waals surface area (Å²) in [5.74, 6) is 0.273. The Hall–Kier alpha value is -2.83. The van der Waals surface area contributed by atoms with Crippen molar-refractivity contribution in [3.63, 3.8) is 0 Å². The number of hydrogen-bond acceptors (Lipinski definition) is 4. The molecule has 0 atom stereocenters. The molecule has 104 valence electrons. The number of imidazole rings is 1. The van der Waals surface area contributed by atoms with Crippen molar-refractivity contribution in [1.29, 1.82) is 0 Å². The number of ether oxygens (including phenoxy) is 1. The molecule has 2 N–H and O–H groups in total. The van der Waals surface area contributed by atoms with E-state index in [-0.39, 0.29) is 18.5 Å². The molecule has 0 aliphatic heterocycles. The van der Waals surface area contributed by atoms with Gasteiger partial charge in [-0.05, 0) is 12.1 Å². The number of benzene rings is 1. The highest BCUT2D eigenvalue weighted by atomic mass is 16.5. The fourth-order valence-corrected chi connectivity index (χ4v) is 1.45. The zero-order chi connectivity index (χ0) is 14.4. The van der Waals surface area contributed by atoms with E-state index in [1.165, 1.54) is 24.1 Å². The molecule has 0 spiro atoms. The van der Waals surface area contributed by atoms with Crippen molar-refractivity contribution < 1.29 is 14.3 Å². The van der Waals surface area contributed by atoms with E-state index in [9.17, 15) is 9.59 Å². The minimum atomic E-state index is -0.328. The number of hydrogen-bond donors (Lipinski definition) is 2. The molecule has 0 bridgehead atoms. The SMILES string of the molecule is CNC(=O)COc1cccc(NC(=O)n2ccnc2)c1. The number of carbonyl (C=O) groups excluding carboxylic acids is 2. The normalized spacial score (nSPS) is 9.85. The molecule has 2 rings (SSSR count). The van der Waals surface area contributed by atoms with Crippen molar-refractivity contribution in [3.05, 3.63) is 43.0 Å². The first-order valence-corrected chi connectivity index (χ1v) is 5.92. The highest BCUT2D eigenvalue weighted by Gasteiger charge is 2.05. The lowest BCUT2D eigenvalue weighted by Gasteiger charge is -2.08. The zero-order valence-corrected chi connectivity index (χ0v) is 10.9. The Kier molecular flexibility index (Phi) is 4.33. The van der Waals surface area contributed by atoms with Crippen LogP contribution >= 0.6 is 0 Å². The molecular formula is C13H14N4O3. The number of amides is 2. The molecule has 1 aromatic carbocycles. The van der Waals surface area contributed by atoms with Crippen LogP contribution in [0.2, 0.25) is 0 Å². The van der Waals surface area contributed by atoms with Gasteiger partial charge < -0.3 is 15.4 Å². The fraction of sp³-hybridized carbons (Fsp3) is 0.154. The summed E-state index contributed by atoms with van der Waals surface area (Å²) in [6.07, 6.45) is 4.46. The van der Waals surface area contributed by atoms with Gasteiger partial charge in [0.15, 0.2) is 6.61 Å². The van der Waals surface area contributed by atoms with Crippen molar-refractivity contribution in [2.75, 3.05) is 19.0 Å². The van der Waals surface area contributed by atoms with Crippen LogP contribution in [-0.2, 0) is 4.79 Å². The number of nitrogens with zero attached hydrogens (tertiary/aromatic N) is 2. The van der Waals surface area contributed by atoms with Gasteiger partial charge in [0.1, 0.15) is 12.1 Å². The molecule has 7 nitrogen and oxygen atoms in total. The summed E-state index contributed by atoms with van der Waals surface area (Å²) in [5.41, 5.74) is 0.568. The van der Waals surface area contributed by atoms with E-state index in [1.807, 2.05) is 0 Å². The van der Waals surface area contributed by atoms with Crippen LogP contribution < -0.4 is 15.4 Å².